The molecule has 1 aliphatic rings. The standard InChI is InChI=1S/C14H22ClN3O/c1-10(2)16-7-11-6-13(15)14(17-8-11)18(3)12-4-5-19-9-12/h6,8,10,12,16H,4-5,7,9H2,1-3H3. The van der Waals surface area contributed by atoms with Gasteiger partial charge < -0.3 is 15.0 Å². The fourth-order valence-corrected chi connectivity index (χ4v) is 2.47. The highest BCUT2D eigenvalue weighted by atomic mass is 35.5. The average Bonchev–Trinajstić information content (AvgIpc) is 2.89. The smallest absolute Gasteiger partial charge is 0.147 e. The topological polar surface area (TPSA) is 37.4 Å². The molecular formula is C14H22ClN3O. The van der Waals surface area contributed by atoms with Gasteiger partial charge in [0.15, 0.2) is 0 Å². The van der Waals surface area contributed by atoms with E-state index < -0.39 is 0 Å². The quantitative estimate of drug-likeness (QED) is 0.901. The summed E-state index contributed by atoms with van der Waals surface area (Å²) < 4.78 is 5.41. The van der Waals surface area contributed by atoms with Crippen molar-refractivity contribution in [2.45, 2.75) is 38.9 Å². The van der Waals surface area contributed by atoms with Crippen LogP contribution in [0.5, 0.6) is 0 Å². The number of anilines is 1. The molecule has 5 heteroatoms. The molecule has 1 N–H and O–H groups in total. The van der Waals surface area contributed by atoms with Crippen LogP contribution in [0.4, 0.5) is 5.82 Å². The molecule has 4 nitrogen and oxygen atoms in total. The van der Waals surface area contributed by atoms with Gasteiger partial charge in [-0.1, -0.05) is 25.4 Å². The maximum atomic E-state index is 6.35. The maximum absolute atomic E-state index is 6.35. The molecule has 0 radical (unpaired) electrons. The van der Waals surface area contributed by atoms with Crippen molar-refractivity contribution in [2.24, 2.45) is 0 Å². The SMILES string of the molecule is CC(C)NCc1cnc(N(C)C2CCOC2)c(Cl)c1. The molecule has 106 valence electrons. The highest BCUT2D eigenvalue weighted by Gasteiger charge is 2.22. The van der Waals surface area contributed by atoms with Gasteiger partial charge in [-0.25, -0.2) is 4.98 Å². The summed E-state index contributed by atoms with van der Waals surface area (Å²) in [4.78, 5) is 6.62. The third kappa shape index (κ3) is 3.81. The Hall–Kier alpha value is -0.840. The van der Waals surface area contributed by atoms with Gasteiger partial charge in [0.1, 0.15) is 5.82 Å². The number of halogens is 1. The molecular weight excluding hydrogens is 262 g/mol. The monoisotopic (exact) mass is 283 g/mol. The van der Waals surface area contributed by atoms with Crippen LogP contribution in [0.25, 0.3) is 0 Å². The number of rotatable bonds is 5. The van der Waals surface area contributed by atoms with E-state index in [1.807, 2.05) is 19.3 Å². The van der Waals surface area contributed by atoms with Crippen LogP contribution < -0.4 is 10.2 Å². The van der Waals surface area contributed by atoms with Crippen molar-refractivity contribution < 1.29 is 4.74 Å². The predicted octanol–water partition coefficient (Wildman–Crippen LogP) is 2.46. The van der Waals surface area contributed by atoms with Gasteiger partial charge >= 0.3 is 0 Å². The molecule has 0 aromatic carbocycles. The number of ether oxygens (including phenoxy) is 1. The van der Waals surface area contributed by atoms with Crippen LogP contribution in [-0.4, -0.2) is 37.3 Å². The molecule has 1 unspecified atom stereocenters. The van der Waals surface area contributed by atoms with E-state index in [4.69, 9.17) is 16.3 Å². The van der Waals surface area contributed by atoms with Crippen molar-refractivity contribution >= 4 is 17.4 Å². The molecule has 1 aromatic rings. The van der Waals surface area contributed by atoms with E-state index in [0.717, 1.165) is 37.6 Å². The number of hydrogen-bond acceptors (Lipinski definition) is 4. The summed E-state index contributed by atoms with van der Waals surface area (Å²) in [6.45, 7) is 6.61. The minimum atomic E-state index is 0.379. The molecule has 0 spiro atoms. The molecule has 1 atom stereocenters. The lowest BCUT2D eigenvalue weighted by molar-refractivity contribution is 0.193. The molecule has 0 bridgehead atoms. The lowest BCUT2D eigenvalue weighted by Gasteiger charge is -2.25. The number of hydrogen-bond donors (Lipinski definition) is 1. The second-order valence-corrected chi connectivity index (χ2v) is 5.72. The van der Waals surface area contributed by atoms with Crippen LogP contribution >= 0.6 is 11.6 Å². The molecule has 2 heterocycles. The van der Waals surface area contributed by atoms with Crippen molar-refractivity contribution in [3.05, 3.63) is 22.8 Å². The Kier molecular flexibility index (Phi) is 5.02. The van der Waals surface area contributed by atoms with Crippen molar-refractivity contribution in [1.82, 2.24) is 10.3 Å². The van der Waals surface area contributed by atoms with Gasteiger partial charge in [0.25, 0.3) is 0 Å². The summed E-state index contributed by atoms with van der Waals surface area (Å²) in [5.74, 6) is 0.838. The van der Waals surface area contributed by atoms with Crippen molar-refractivity contribution in [3.63, 3.8) is 0 Å². The molecule has 0 aliphatic carbocycles. The van der Waals surface area contributed by atoms with E-state index in [2.05, 4.69) is 29.0 Å². The molecule has 2 rings (SSSR count). The van der Waals surface area contributed by atoms with Gasteiger partial charge in [0.2, 0.25) is 0 Å². The van der Waals surface area contributed by atoms with Crippen LogP contribution in [0.3, 0.4) is 0 Å². The summed E-state index contributed by atoms with van der Waals surface area (Å²) in [7, 11) is 2.03. The minimum absolute atomic E-state index is 0.379. The molecule has 1 saturated heterocycles. The first kappa shape index (κ1) is 14.6. The average molecular weight is 284 g/mol. The molecule has 1 aromatic heterocycles. The van der Waals surface area contributed by atoms with Gasteiger partial charge in [0, 0.05) is 32.4 Å². The van der Waals surface area contributed by atoms with E-state index in [9.17, 15) is 0 Å². The highest BCUT2D eigenvalue weighted by Crippen LogP contribution is 2.26. The molecule has 1 fully saturated rings. The molecule has 0 saturated carbocycles. The lowest BCUT2D eigenvalue weighted by atomic mass is 10.2. The fraction of sp³-hybridized carbons (Fsp3) is 0.643. The number of pyridine rings is 1. The Labute approximate surface area is 120 Å². The predicted molar refractivity (Wildman–Crippen MR) is 78.8 cm³/mol. The van der Waals surface area contributed by atoms with Crippen LogP contribution in [0, 0.1) is 0 Å². The fourth-order valence-electron chi connectivity index (χ4n) is 2.15. The number of nitrogens with one attached hydrogen (secondary N) is 1. The van der Waals surface area contributed by atoms with Crippen LogP contribution in [0.1, 0.15) is 25.8 Å². The summed E-state index contributed by atoms with van der Waals surface area (Å²) >= 11 is 6.35. The first-order valence-electron chi connectivity index (χ1n) is 6.76. The second-order valence-electron chi connectivity index (χ2n) is 5.31. The second kappa shape index (κ2) is 6.55. The zero-order valence-electron chi connectivity index (χ0n) is 11.8. The third-order valence-electron chi connectivity index (χ3n) is 3.38. The van der Waals surface area contributed by atoms with E-state index in [-0.39, 0.29) is 0 Å². The summed E-state index contributed by atoms with van der Waals surface area (Å²) in [6.07, 6.45) is 2.92. The van der Waals surface area contributed by atoms with Crippen LogP contribution in [-0.2, 0) is 11.3 Å². The Morgan fingerprint density at radius 3 is 2.95 bits per heavy atom. The van der Waals surface area contributed by atoms with Gasteiger partial charge in [-0.2, -0.15) is 0 Å². The van der Waals surface area contributed by atoms with Crippen LogP contribution in [0.15, 0.2) is 12.3 Å². The van der Waals surface area contributed by atoms with E-state index in [1.54, 1.807) is 0 Å². The largest absolute Gasteiger partial charge is 0.379 e. The van der Waals surface area contributed by atoms with E-state index >= 15 is 0 Å². The first-order chi connectivity index (χ1) is 9.08. The molecule has 0 amide bonds. The summed E-state index contributed by atoms with van der Waals surface area (Å²) in [6, 6.07) is 2.83. The number of aromatic nitrogens is 1. The van der Waals surface area contributed by atoms with Gasteiger partial charge in [0.05, 0.1) is 17.7 Å². The lowest BCUT2D eigenvalue weighted by Crippen LogP contribution is -2.32. The normalized spacial score (nSPS) is 19.1. The van der Waals surface area contributed by atoms with Gasteiger partial charge in [-0.15, -0.1) is 0 Å². The van der Waals surface area contributed by atoms with Crippen molar-refractivity contribution in [3.8, 4) is 0 Å². The van der Waals surface area contributed by atoms with Gasteiger partial charge in [-0.3, -0.25) is 0 Å². The highest BCUT2D eigenvalue weighted by molar-refractivity contribution is 6.33. The molecule has 1 aliphatic heterocycles. The Balaban J connectivity index is 2.05. The van der Waals surface area contributed by atoms with Crippen molar-refractivity contribution in [2.75, 3.05) is 25.2 Å². The number of likely N-dealkylation sites (N-methyl/N-ethyl adjacent to an activating group) is 1. The Morgan fingerprint density at radius 1 is 1.58 bits per heavy atom. The van der Waals surface area contributed by atoms with E-state index in [0.29, 0.717) is 17.1 Å². The Morgan fingerprint density at radius 2 is 2.37 bits per heavy atom. The van der Waals surface area contributed by atoms with E-state index in [1.165, 1.54) is 0 Å². The van der Waals surface area contributed by atoms with Crippen molar-refractivity contribution in [1.29, 1.82) is 0 Å². The minimum Gasteiger partial charge on any atom is -0.379 e. The first-order valence-corrected chi connectivity index (χ1v) is 7.14. The zero-order valence-corrected chi connectivity index (χ0v) is 12.6. The Bertz CT molecular complexity index is 419. The number of nitrogens with zero attached hydrogens (tertiary/aromatic N) is 2. The van der Waals surface area contributed by atoms with Gasteiger partial charge in [-0.05, 0) is 18.1 Å². The third-order valence-corrected chi connectivity index (χ3v) is 3.66. The van der Waals surface area contributed by atoms with Crippen LogP contribution in [0.2, 0.25) is 5.02 Å². The summed E-state index contributed by atoms with van der Waals surface area (Å²) in [5, 5.41) is 4.07. The summed E-state index contributed by atoms with van der Waals surface area (Å²) in [5.41, 5.74) is 1.11. The zero-order chi connectivity index (χ0) is 13.8. The maximum Gasteiger partial charge on any atom is 0.147 e. The molecule has 19 heavy (non-hydrogen) atoms.